The zero-order valence-corrected chi connectivity index (χ0v) is 16.8. The van der Waals surface area contributed by atoms with E-state index in [1.807, 2.05) is 0 Å². The van der Waals surface area contributed by atoms with Gasteiger partial charge in [0.15, 0.2) is 0 Å². The van der Waals surface area contributed by atoms with Crippen molar-refractivity contribution < 1.29 is 71.1 Å². The van der Waals surface area contributed by atoms with Gasteiger partial charge in [-0.1, -0.05) is 0 Å². The van der Waals surface area contributed by atoms with E-state index in [0.29, 0.717) is 5.52 Å². The van der Waals surface area contributed by atoms with E-state index in [9.17, 15) is 9.59 Å². The summed E-state index contributed by atoms with van der Waals surface area (Å²) in [7, 11) is -4.94. The number of aromatic nitrogens is 4. The zero-order chi connectivity index (χ0) is 21.6. The van der Waals surface area contributed by atoms with Gasteiger partial charge in [-0.2, -0.15) is 0 Å². The number of nitrogens with zero attached hydrogens (tertiary/aromatic N) is 2. The van der Waals surface area contributed by atoms with E-state index in [4.69, 9.17) is 28.8 Å². The number of nitrogens with one attached hydrogen (secondary N) is 2. The van der Waals surface area contributed by atoms with Crippen LogP contribution in [-0.2, 0) is 22.4 Å². The molecule has 0 aliphatic carbocycles. The first-order valence-corrected chi connectivity index (χ1v) is 8.72. The normalized spacial score (nSPS) is 10.3. The number of hydrogen-bond acceptors (Lipinski definition) is 8. The van der Waals surface area contributed by atoms with Gasteiger partial charge in [0.2, 0.25) is 0 Å². The van der Waals surface area contributed by atoms with Crippen molar-refractivity contribution in [1.82, 2.24) is 19.9 Å². The number of rotatable bonds is 2. The summed E-state index contributed by atoms with van der Waals surface area (Å²) in [5.74, 6) is -1.86. The Labute approximate surface area is 185 Å². The Balaban J connectivity index is 0.000000241. The molecule has 0 atom stereocenters. The first-order valence-electron chi connectivity index (χ1n) is 7.49. The molecule has 4 rings (SSSR count). The minimum Gasteiger partial charge on any atom is -0.478 e. The molecule has 0 bridgehead atoms. The van der Waals surface area contributed by atoms with Gasteiger partial charge in [0.05, 0.1) is 45.8 Å². The van der Waals surface area contributed by atoms with E-state index >= 15 is 0 Å². The van der Waals surface area contributed by atoms with Gasteiger partial charge in [-0.3, -0.25) is 0 Å². The molecular weight excluding hydrogens is 520 g/mol. The fourth-order valence-corrected chi connectivity index (χ4v) is 2.13. The molecule has 0 fully saturated rings. The second kappa shape index (κ2) is 10.8. The Hall–Kier alpha value is -2.81. The first-order chi connectivity index (χ1) is 13.5. The summed E-state index contributed by atoms with van der Waals surface area (Å²) in [5, 5.41) is 17.3. The Morgan fingerprint density at radius 3 is 1.80 bits per heavy atom. The van der Waals surface area contributed by atoms with Crippen molar-refractivity contribution in [2.45, 2.75) is 0 Å². The molecule has 2 heterocycles. The largest absolute Gasteiger partial charge is 1.00 e. The Kier molecular flexibility index (Phi) is 9.10. The van der Waals surface area contributed by atoms with Gasteiger partial charge >= 0.3 is 34.3 Å². The second-order valence-electron chi connectivity index (χ2n) is 5.26. The van der Waals surface area contributed by atoms with Crippen molar-refractivity contribution in [3.63, 3.8) is 0 Å². The molecule has 0 spiro atoms. The molecule has 2 aromatic carbocycles. The van der Waals surface area contributed by atoms with Gasteiger partial charge in [-0.15, -0.1) is 10.2 Å². The molecular formula is C16H12AgClN4O8. The molecule has 4 N–H and O–H groups in total. The molecule has 0 aliphatic heterocycles. The summed E-state index contributed by atoms with van der Waals surface area (Å²) in [6, 6.07) is 9.55. The van der Waals surface area contributed by atoms with E-state index in [1.165, 1.54) is 24.8 Å². The number of carboxylic acids is 2. The van der Waals surface area contributed by atoms with E-state index in [-0.39, 0.29) is 33.5 Å². The van der Waals surface area contributed by atoms with Crippen molar-refractivity contribution in [1.29, 1.82) is 0 Å². The van der Waals surface area contributed by atoms with Crippen molar-refractivity contribution in [3.05, 3.63) is 60.2 Å². The molecule has 0 amide bonds. The SMILES string of the molecule is O=C(O)c1ccc2[nH]cnc2c1.O=C(O)c1ccc2nc[nH]c2c1.[Ag+].[O-][Cl+3]([O-])([O-])[O-]. The van der Waals surface area contributed by atoms with Crippen LogP contribution < -0.4 is 18.6 Å². The van der Waals surface area contributed by atoms with Crippen LogP contribution in [0.1, 0.15) is 20.7 Å². The third-order valence-corrected chi connectivity index (χ3v) is 3.34. The smallest absolute Gasteiger partial charge is 0.478 e. The van der Waals surface area contributed by atoms with Gasteiger partial charge in [0.1, 0.15) is 0 Å². The van der Waals surface area contributed by atoms with Gasteiger partial charge in [-0.05, 0) is 36.4 Å². The minimum atomic E-state index is -4.94. The van der Waals surface area contributed by atoms with Crippen LogP contribution in [0, 0.1) is 10.2 Å². The van der Waals surface area contributed by atoms with Crippen LogP contribution >= 0.6 is 0 Å². The minimum absolute atomic E-state index is 0. The Morgan fingerprint density at radius 2 is 1.23 bits per heavy atom. The predicted octanol–water partition coefficient (Wildman–Crippen LogP) is -2.24. The van der Waals surface area contributed by atoms with Crippen molar-refractivity contribution in [2.24, 2.45) is 0 Å². The predicted molar refractivity (Wildman–Crippen MR) is 86.1 cm³/mol. The van der Waals surface area contributed by atoms with Crippen molar-refractivity contribution in [3.8, 4) is 0 Å². The third-order valence-electron chi connectivity index (χ3n) is 3.34. The van der Waals surface area contributed by atoms with Crippen LogP contribution in [-0.4, -0.2) is 42.1 Å². The van der Waals surface area contributed by atoms with E-state index in [1.54, 1.807) is 24.3 Å². The second-order valence-corrected chi connectivity index (χ2v) is 6.01. The van der Waals surface area contributed by atoms with Gasteiger partial charge in [-0.25, -0.2) is 38.2 Å². The topological polar surface area (TPSA) is 224 Å². The molecule has 0 unspecified atom stereocenters. The number of carbonyl (C=O) groups is 2. The van der Waals surface area contributed by atoms with Crippen molar-refractivity contribution in [2.75, 3.05) is 0 Å². The first kappa shape index (κ1) is 25.2. The molecule has 0 saturated carbocycles. The number of halogens is 1. The average Bonchev–Trinajstić information content (AvgIpc) is 3.28. The summed E-state index contributed by atoms with van der Waals surface area (Å²) < 4.78 is 34.0. The monoisotopic (exact) mass is 530 g/mol. The standard InChI is InChI=1S/2C8H6N2O2.Ag.ClHO4/c2*11-8(12)5-1-2-6-7(3-5)10-4-9-6;;2-1(3,4)5/h2*1-4H,(H,9,10)(H,11,12);;(H,2,3,4,5)/q;;+1;/p-1. The van der Waals surface area contributed by atoms with Crippen LogP contribution in [0.4, 0.5) is 0 Å². The van der Waals surface area contributed by atoms with Gasteiger partial charge < -0.3 is 20.2 Å². The van der Waals surface area contributed by atoms with Crippen LogP contribution in [0.2, 0.25) is 0 Å². The molecule has 30 heavy (non-hydrogen) atoms. The maximum absolute atomic E-state index is 10.5. The molecule has 0 aliphatic rings. The number of carboxylic acid groups (broad SMARTS) is 2. The third kappa shape index (κ3) is 7.90. The summed E-state index contributed by atoms with van der Waals surface area (Å²) in [6.45, 7) is 0. The fourth-order valence-electron chi connectivity index (χ4n) is 2.13. The number of imidazole rings is 2. The molecule has 162 valence electrons. The van der Waals surface area contributed by atoms with E-state index in [2.05, 4.69) is 19.9 Å². The molecule has 0 saturated heterocycles. The number of H-pyrrole nitrogens is 2. The van der Waals surface area contributed by atoms with Crippen LogP contribution in [0.25, 0.3) is 22.1 Å². The molecule has 14 heteroatoms. The Morgan fingerprint density at radius 1 is 0.767 bits per heavy atom. The fraction of sp³-hybridized carbons (Fsp3) is 0. The summed E-state index contributed by atoms with van der Waals surface area (Å²) in [5.41, 5.74) is 3.58. The Bertz CT molecular complexity index is 1050. The molecule has 2 aromatic heterocycles. The van der Waals surface area contributed by atoms with Crippen LogP contribution in [0.3, 0.4) is 0 Å². The van der Waals surface area contributed by atoms with E-state index < -0.39 is 22.2 Å². The molecule has 4 aromatic rings. The van der Waals surface area contributed by atoms with Gasteiger partial charge in [0.25, 0.3) is 0 Å². The maximum atomic E-state index is 10.5. The molecule has 12 nitrogen and oxygen atoms in total. The molecule has 0 radical (unpaired) electrons. The summed E-state index contributed by atoms with van der Waals surface area (Å²) in [6.07, 6.45) is 3.08. The average molecular weight is 532 g/mol. The van der Waals surface area contributed by atoms with Gasteiger partial charge in [0, 0.05) is 0 Å². The number of fused-ring (bicyclic) bond motifs is 2. The number of aromatic amines is 2. The zero-order valence-electron chi connectivity index (χ0n) is 14.5. The van der Waals surface area contributed by atoms with Crippen LogP contribution in [0.15, 0.2) is 49.1 Å². The number of benzene rings is 2. The quantitative estimate of drug-likeness (QED) is 0.203. The van der Waals surface area contributed by atoms with Crippen LogP contribution in [0.5, 0.6) is 0 Å². The number of aromatic carboxylic acids is 2. The maximum Gasteiger partial charge on any atom is 1.00 e. The summed E-state index contributed by atoms with van der Waals surface area (Å²) >= 11 is 0. The number of hydrogen-bond donors (Lipinski definition) is 4. The summed E-state index contributed by atoms with van der Waals surface area (Å²) in [4.78, 5) is 34.7. The van der Waals surface area contributed by atoms with Crippen molar-refractivity contribution >= 4 is 34.0 Å². The van der Waals surface area contributed by atoms with E-state index in [0.717, 1.165) is 16.6 Å².